The summed E-state index contributed by atoms with van der Waals surface area (Å²) in [6.45, 7) is 4.18. The van der Waals surface area contributed by atoms with Gasteiger partial charge in [-0.1, -0.05) is 19.9 Å². The molecule has 5 heteroatoms. The van der Waals surface area contributed by atoms with Crippen molar-refractivity contribution < 1.29 is 9.59 Å². The Morgan fingerprint density at radius 3 is 2.60 bits per heavy atom. The van der Waals surface area contributed by atoms with E-state index in [1.165, 1.54) is 4.90 Å². The highest BCUT2D eigenvalue weighted by atomic mass is 16.2. The molecular weight excluding hydrogens is 254 g/mol. The number of anilines is 1. The van der Waals surface area contributed by atoms with Gasteiger partial charge in [0.05, 0.1) is 17.2 Å². The summed E-state index contributed by atoms with van der Waals surface area (Å²) < 4.78 is 0. The van der Waals surface area contributed by atoms with Gasteiger partial charge in [0.15, 0.2) is 0 Å². The van der Waals surface area contributed by atoms with Crippen LogP contribution < -0.4 is 5.73 Å². The molecule has 2 N–H and O–H groups in total. The summed E-state index contributed by atoms with van der Waals surface area (Å²) in [6.07, 6.45) is 1.03. The van der Waals surface area contributed by atoms with Crippen LogP contribution in [0, 0.1) is 16.7 Å². The second-order valence-electron chi connectivity index (χ2n) is 5.79. The molecule has 0 saturated carbocycles. The summed E-state index contributed by atoms with van der Waals surface area (Å²) in [6, 6.07) is 7.00. The molecule has 1 aliphatic rings. The number of nitrogens with zero attached hydrogens (tertiary/aromatic N) is 2. The third-order valence-electron chi connectivity index (χ3n) is 3.53. The molecule has 1 aromatic carbocycles. The van der Waals surface area contributed by atoms with Gasteiger partial charge in [-0.05, 0) is 24.0 Å². The average Bonchev–Trinajstić information content (AvgIpc) is 2.63. The Morgan fingerprint density at radius 2 is 2.00 bits per heavy atom. The molecule has 1 aromatic rings. The number of carbonyl (C=O) groups excluding carboxylic acids is 2. The van der Waals surface area contributed by atoms with Gasteiger partial charge in [0.2, 0.25) is 0 Å². The minimum Gasteiger partial charge on any atom is -0.398 e. The first-order valence-corrected chi connectivity index (χ1v) is 6.49. The molecule has 2 rings (SSSR count). The van der Waals surface area contributed by atoms with Crippen molar-refractivity contribution in [3.63, 3.8) is 0 Å². The average molecular weight is 271 g/mol. The Labute approximate surface area is 118 Å². The molecule has 2 amide bonds. The minimum absolute atomic E-state index is 0.292. The van der Waals surface area contributed by atoms with Crippen molar-refractivity contribution in [1.82, 2.24) is 4.90 Å². The summed E-state index contributed by atoms with van der Waals surface area (Å²) in [5.74, 6) is -0.643. The highest BCUT2D eigenvalue weighted by Crippen LogP contribution is 2.31. The van der Waals surface area contributed by atoms with Crippen molar-refractivity contribution in [2.24, 2.45) is 5.41 Å². The Bertz CT molecular complexity index is 614. The smallest absolute Gasteiger partial charge is 0.263 e. The lowest BCUT2D eigenvalue weighted by Crippen LogP contribution is -2.38. The number of nitrogens with two attached hydrogens (primary N) is 1. The largest absolute Gasteiger partial charge is 0.398 e. The maximum atomic E-state index is 12.3. The molecule has 1 heterocycles. The first-order valence-electron chi connectivity index (χ1n) is 6.49. The van der Waals surface area contributed by atoms with Gasteiger partial charge < -0.3 is 5.73 Å². The highest BCUT2D eigenvalue weighted by molar-refractivity contribution is 6.23. The van der Waals surface area contributed by atoms with E-state index in [0.717, 1.165) is 0 Å². The van der Waals surface area contributed by atoms with Crippen LogP contribution in [0.25, 0.3) is 0 Å². The number of benzene rings is 1. The van der Waals surface area contributed by atoms with Crippen molar-refractivity contribution in [3.8, 4) is 6.07 Å². The predicted octanol–water partition coefficient (Wildman–Crippen LogP) is 2.19. The lowest BCUT2D eigenvalue weighted by atomic mass is 9.87. The van der Waals surface area contributed by atoms with E-state index in [0.29, 0.717) is 36.2 Å². The number of imide groups is 1. The summed E-state index contributed by atoms with van der Waals surface area (Å²) in [7, 11) is 0. The normalized spacial score (nSPS) is 14.3. The van der Waals surface area contributed by atoms with Gasteiger partial charge in [0.1, 0.15) is 0 Å². The van der Waals surface area contributed by atoms with Crippen LogP contribution in [0.1, 0.15) is 47.4 Å². The molecule has 1 aliphatic heterocycles. The predicted molar refractivity (Wildman–Crippen MR) is 74.8 cm³/mol. The summed E-state index contributed by atoms with van der Waals surface area (Å²) in [4.78, 5) is 25.9. The number of hydrogen-bond acceptors (Lipinski definition) is 4. The molecule has 5 nitrogen and oxygen atoms in total. The molecule has 0 spiro atoms. The second-order valence-corrected chi connectivity index (χ2v) is 5.79. The summed E-state index contributed by atoms with van der Waals surface area (Å²) in [5.41, 5.74) is 6.49. The van der Waals surface area contributed by atoms with Crippen molar-refractivity contribution in [2.45, 2.75) is 26.7 Å². The van der Waals surface area contributed by atoms with E-state index >= 15 is 0 Å². The molecule has 0 atom stereocenters. The van der Waals surface area contributed by atoms with E-state index in [1.54, 1.807) is 18.2 Å². The van der Waals surface area contributed by atoms with Gasteiger partial charge in [-0.25, -0.2) is 0 Å². The third-order valence-corrected chi connectivity index (χ3v) is 3.53. The zero-order valence-corrected chi connectivity index (χ0v) is 11.6. The van der Waals surface area contributed by atoms with Crippen LogP contribution in [0.3, 0.4) is 0 Å². The van der Waals surface area contributed by atoms with Crippen molar-refractivity contribution in [1.29, 1.82) is 5.26 Å². The van der Waals surface area contributed by atoms with Crippen molar-refractivity contribution >= 4 is 17.5 Å². The van der Waals surface area contributed by atoms with Crippen molar-refractivity contribution in [2.75, 3.05) is 12.3 Å². The van der Waals surface area contributed by atoms with Crippen molar-refractivity contribution in [3.05, 3.63) is 29.3 Å². The molecule has 0 radical (unpaired) electrons. The van der Waals surface area contributed by atoms with Crippen LogP contribution >= 0.6 is 0 Å². The monoisotopic (exact) mass is 271 g/mol. The van der Waals surface area contributed by atoms with Crippen LogP contribution in [-0.2, 0) is 0 Å². The lowest BCUT2D eigenvalue weighted by molar-refractivity contribution is 0.0586. The first kappa shape index (κ1) is 14.1. The number of amides is 2. The van der Waals surface area contributed by atoms with E-state index in [1.807, 2.05) is 13.8 Å². The maximum Gasteiger partial charge on any atom is 0.263 e. The van der Waals surface area contributed by atoms with Gasteiger partial charge in [-0.15, -0.1) is 0 Å². The standard InChI is InChI=1S/C15H17N3O2/c1-15(2,7-4-8-16)9-18-13(19)10-5-3-6-11(17)12(10)14(18)20/h3,5-6H,4,7,9,17H2,1-2H3. The van der Waals surface area contributed by atoms with Gasteiger partial charge in [-0.2, -0.15) is 5.26 Å². The van der Waals surface area contributed by atoms with E-state index in [2.05, 4.69) is 6.07 Å². The van der Waals surface area contributed by atoms with E-state index in [4.69, 9.17) is 11.0 Å². The number of nitrogen functional groups attached to an aromatic ring is 1. The van der Waals surface area contributed by atoms with Gasteiger partial charge in [0.25, 0.3) is 11.8 Å². The Hall–Kier alpha value is -2.35. The van der Waals surface area contributed by atoms with Crippen LogP contribution in [-0.4, -0.2) is 23.3 Å². The fourth-order valence-corrected chi connectivity index (χ4v) is 2.40. The van der Waals surface area contributed by atoms with E-state index in [9.17, 15) is 9.59 Å². The van der Waals surface area contributed by atoms with Crippen LogP contribution in [0.2, 0.25) is 0 Å². The molecule has 0 aliphatic carbocycles. The maximum absolute atomic E-state index is 12.3. The Morgan fingerprint density at radius 1 is 1.30 bits per heavy atom. The fraction of sp³-hybridized carbons (Fsp3) is 0.400. The molecule has 0 aromatic heterocycles. The summed E-state index contributed by atoms with van der Waals surface area (Å²) >= 11 is 0. The fourth-order valence-electron chi connectivity index (χ4n) is 2.40. The van der Waals surface area contributed by atoms with Crippen LogP contribution in [0.15, 0.2) is 18.2 Å². The molecule has 0 saturated heterocycles. The Balaban J connectivity index is 2.25. The second kappa shape index (κ2) is 4.97. The molecule has 0 bridgehead atoms. The van der Waals surface area contributed by atoms with Gasteiger partial charge >= 0.3 is 0 Å². The highest BCUT2D eigenvalue weighted by Gasteiger charge is 2.39. The number of rotatable bonds is 4. The zero-order valence-electron chi connectivity index (χ0n) is 11.6. The number of fused-ring (bicyclic) bond motifs is 1. The summed E-state index contributed by atoms with van der Waals surface area (Å²) in [5, 5.41) is 8.66. The number of carbonyl (C=O) groups is 2. The Kier molecular flexibility index (Phi) is 3.49. The van der Waals surface area contributed by atoms with Gasteiger partial charge in [0, 0.05) is 18.7 Å². The number of nitriles is 1. The van der Waals surface area contributed by atoms with Crippen LogP contribution in [0.4, 0.5) is 5.69 Å². The lowest BCUT2D eigenvalue weighted by Gasteiger charge is -2.28. The van der Waals surface area contributed by atoms with Crippen LogP contribution in [0.5, 0.6) is 0 Å². The van der Waals surface area contributed by atoms with E-state index in [-0.39, 0.29) is 17.2 Å². The SMILES string of the molecule is CC(C)(CCC#N)CN1C(=O)c2cccc(N)c2C1=O. The quantitative estimate of drug-likeness (QED) is 0.671. The molecular formula is C15H17N3O2. The third kappa shape index (κ3) is 2.37. The van der Waals surface area contributed by atoms with Gasteiger partial charge in [-0.3, -0.25) is 14.5 Å². The molecule has 0 fully saturated rings. The molecule has 104 valence electrons. The topological polar surface area (TPSA) is 87.2 Å². The van der Waals surface area contributed by atoms with E-state index < -0.39 is 0 Å². The molecule has 20 heavy (non-hydrogen) atoms. The first-order chi connectivity index (χ1) is 9.37. The minimum atomic E-state index is -0.340. The zero-order chi connectivity index (χ0) is 14.9. The number of hydrogen-bond donors (Lipinski definition) is 1. The molecule has 0 unspecified atom stereocenters.